The largest absolute Gasteiger partial charge is 0.343 e. The van der Waals surface area contributed by atoms with E-state index in [0.717, 1.165) is 29.6 Å². The molecule has 4 heteroatoms. The lowest BCUT2D eigenvalue weighted by atomic mass is 10.1. The molecule has 0 fully saturated rings. The molecule has 1 amide bonds. The summed E-state index contributed by atoms with van der Waals surface area (Å²) in [4.78, 5) is 28.3. The highest BCUT2D eigenvalue weighted by Crippen LogP contribution is 2.34. The van der Waals surface area contributed by atoms with Crippen LogP contribution in [-0.4, -0.2) is 16.5 Å². The predicted molar refractivity (Wildman–Crippen MR) is 103 cm³/mol. The van der Waals surface area contributed by atoms with E-state index in [9.17, 15) is 9.59 Å². The molecule has 5 rings (SSSR count). The summed E-state index contributed by atoms with van der Waals surface area (Å²) in [5.41, 5.74) is 4.37. The van der Waals surface area contributed by atoms with E-state index in [1.807, 2.05) is 37.3 Å². The minimum atomic E-state index is -0.192. The summed E-state index contributed by atoms with van der Waals surface area (Å²) in [6.07, 6.45) is 3.50. The molecule has 0 N–H and O–H groups in total. The molecular formula is C22H20N2O2. The van der Waals surface area contributed by atoms with Gasteiger partial charge in [-0.05, 0) is 49.9 Å². The predicted octanol–water partition coefficient (Wildman–Crippen LogP) is 3.71. The second kappa shape index (κ2) is 5.31. The van der Waals surface area contributed by atoms with Crippen LogP contribution in [0.4, 0.5) is 5.69 Å². The van der Waals surface area contributed by atoms with Crippen LogP contribution in [-0.2, 0) is 12.8 Å². The first kappa shape index (κ1) is 15.4. The third kappa shape index (κ3) is 1.96. The summed E-state index contributed by atoms with van der Waals surface area (Å²) in [6, 6.07) is 14.1. The van der Waals surface area contributed by atoms with Crippen molar-refractivity contribution in [1.29, 1.82) is 0 Å². The molecule has 0 spiro atoms. The molecule has 1 aromatic heterocycles. The Balaban J connectivity index is 1.71. The van der Waals surface area contributed by atoms with Gasteiger partial charge in [0, 0.05) is 29.4 Å². The SMILES string of the molecule is C[C@@H]1Cc2cccc3c(=O)c(C(=O)N4c5ccccc5C[C@@H]4C)cn1c23. The van der Waals surface area contributed by atoms with E-state index in [0.29, 0.717) is 5.39 Å². The van der Waals surface area contributed by atoms with E-state index >= 15 is 0 Å². The lowest BCUT2D eigenvalue weighted by molar-refractivity contribution is 0.0980. The highest BCUT2D eigenvalue weighted by atomic mass is 16.2. The van der Waals surface area contributed by atoms with Gasteiger partial charge in [0.15, 0.2) is 0 Å². The number of rotatable bonds is 1. The smallest absolute Gasteiger partial charge is 0.264 e. The Kier molecular flexibility index (Phi) is 3.14. The number of anilines is 1. The molecule has 0 saturated heterocycles. The summed E-state index contributed by atoms with van der Waals surface area (Å²) in [5, 5.41) is 0.651. The molecule has 3 heterocycles. The van der Waals surface area contributed by atoms with Crippen LogP contribution in [0.25, 0.3) is 10.9 Å². The average Bonchev–Trinajstić information content (AvgIpc) is 3.14. The minimum absolute atomic E-state index is 0.0531. The Morgan fingerprint density at radius 3 is 2.54 bits per heavy atom. The van der Waals surface area contributed by atoms with Crippen molar-refractivity contribution < 1.29 is 4.79 Å². The fourth-order valence-electron chi connectivity index (χ4n) is 4.57. The topological polar surface area (TPSA) is 42.3 Å². The van der Waals surface area contributed by atoms with Crippen LogP contribution >= 0.6 is 0 Å². The highest BCUT2D eigenvalue weighted by molar-refractivity contribution is 6.09. The Morgan fingerprint density at radius 2 is 1.69 bits per heavy atom. The zero-order valence-electron chi connectivity index (χ0n) is 14.9. The number of hydrogen-bond acceptors (Lipinski definition) is 2. The molecule has 130 valence electrons. The number of benzene rings is 2. The second-order valence-corrected chi connectivity index (χ2v) is 7.50. The number of amides is 1. The molecule has 0 unspecified atom stereocenters. The number of hydrogen-bond donors (Lipinski definition) is 0. The molecule has 4 nitrogen and oxygen atoms in total. The van der Waals surface area contributed by atoms with Crippen molar-refractivity contribution in [3.8, 4) is 0 Å². The van der Waals surface area contributed by atoms with Gasteiger partial charge >= 0.3 is 0 Å². The van der Waals surface area contributed by atoms with E-state index in [1.54, 1.807) is 11.1 Å². The maximum atomic E-state index is 13.4. The Bertz CT molecular complexity index is 1130. The van der Waals surface area contributed by atoms with E-state index in [-0.39, 0.29) is 29.0 Å². The lowest BCUT2D eigenvalue weighted by Crippen LogP contribution is -2.38. The van der Waals surface area contributed by atoms with Gasteiger partial charge in [0.25, 0.3) is 5.91 Å². The van der Waals surface area contributed by atoms with Crippen LogP contribution in [0.1, 0.15) is 41.4 Å². The van der Waals surface area contributed by atoms with E-state index in [4.69, 9.17) is 0 Å². The van der Waals surface area contributed by atoms with Crippen LogP contribution < -0.4 is 10.3 Å². The third-order valence-corrected chi connectivity index (χ3v) is 5.78. The standard InChI is InChI=1S/C22H20N2O2/c1-13-10-16-7-5-8-17-20(16)23(13)12-18(21(17)25)22(26)24-14(2)11-15-6-3-4-9-19(15)24/h3-9,12-14H,10-11H2,1-2H3/t13-,14+/m1/s1. The number of aromatic nitrogens is 1. The Labute approximate surface area is 151 Å². The quantitative estimate of drug-likeness (QED) is 0.675. The molecule has 2 atom stereocenters. The number of pyridine rings is 1. The number of carbonyl (C=O) groups excluding carboxylic acids is 1. The van der Waals surface area contributed by atoms with Gasteiger partial charge in [0.05, 0.1) is 5.52 Å². The zero-order chi connectivity index (χ0) is 18.0. The van der Waals surface area contributed by atoms with Crippen LogP contribution in [0.15, 0.2) is 53.5 Å². The zero-order valence-corrected chi connectivity index (χ0v) is 14.9. The van der Waals surface area contributed by atoms with Gasteiger partial charge in [0.1, 0.15) is 5.56 Å². The monoisotopic (exact) mass is 344 g/mol. The Morgan fingerprint density at radius 1 is 0.962 bits per heavy atom. The van der Waals surface area contributed by atoms with Gasteiger partial charge in [-0.25, -0.2) is 0 Å². The maximum absolute atomic E-state index is 13.4. The summed E-state index contributed by atoms with van der Waals surface area (Å²) < 4.78 is 2.10. The van der Waals surface area contributed by atoms with Crippen LogP contribution in [0.3, 0.4) is 0 Å². The summed E-state index contributed by atoms with van der Waals surface area (Å²) >= 11 is 0. The van der Waals surface area contributed by atoms with Gasteiger partial charge in [-0.2, -0.15) is 0 Å². The third-order valence-electron chi connectivity index (χ3n) is 5.78. The molecule has 0 aliphatic carbocycles. The van der Waals surface area contributed by atoms with Gasteiger partial charge in [-0.3, -0.25) is 9.59 Å². The van der Waals surface area contributed by atoms with Crippen LogP contribution in [0.5, 0.6) is 0 Å². The molecule has 26 heavy (non-hydrogen) atoms. The summed E-state index contributed by atoms with van der Waals surface area (Å²) in [6.45, 7) is 4.17. The van der Waals surface area contributed by atoms with Crippen molar-refractivity contribution in [2.45, 2.75) is 38.8 Å². The summed E-state index contributed by atoms with van der Waals surface area (Å²) in [5.74, 6) is -0.192. The molecule has 2 aromatic carbocycles. The van der Waals surface area contributed by atoms with E-state index < -0.39 is 0 Å². The fraction of sp³-hybridized carbons (Fsp3) is 0.273. The molecule has 0 saturated carbocycles. The molecular weight excluding hydrogens is 324 g/mol. The first-order chi connectivity index (χ1) is 12.6. The number of carbonyl (C=O) groups is 1. The van der Waals surface area contributed by atoms with Crippen molar-refractivity contribution in [3.05, 3.63) is 75.6 Å². The van der Waals surface area contributed by atoms with Crippen molar-refractivity contribution in [1.82, 2.24) is 4.57 Å². The van der Waals surface area contributed by atoms with Crippen molar-refractivity contribution >= 4 is 22.5 Å². The molecule has 3 aromatic rings. The average molecular weight is 344 g/mol. The lowest BCUT2D eigenvalue weighted by Gasteiger charge is -2.23. The Hall–Kier alpha value is -2.88. The molecule has 2 aliphatic rings. The van der Waals surface area contributed by atoms with Crippen LogP contribution in [0.2, 0.25) is 0 Å². The maximum Gasteiger partial charge on any atom is 0.264 e. The molecule has 0 bridgehead atoms. The normalized spacial score (nSPS) is 20.6. The molecule has 0 radical (unpaired) electrons. The first-order valence-electron chi connectivity index (χ1n) is 9.14. The van der Waals surface area contributed by atoms with Gasteiger partial charge in [-0.15, -0.1) is 0 Å². The summed E-state index contributed by atoms with van der Waals surface area (Å²) in [7, 11) is 0. The van der Waals surface area contributed by atoms with E-state index in [2.05, 4.69) is 23.6 Å². The van der Waals surface area contributed by atoms with Gasteiger partial charge in [0.2, 0.25) is 5.43 Å². The number of para-hydroxylation sites is 2. The minimum Gasteiger partial charge on any atom is -0.343 e. The van der Waals surface area contributed by atoms with Gasteiger partial charge < -0.3 is 9.47 Å². The van der Waals surface area contributed by atoms with E-state index in [1.165, 1.54) is 5.56 Å². The number of nitrogens with zero attached hydrogens (tertiary/aromatic N) is 2. The van der Waals surface area contributed by atoms with Gasteiger partial charge in [-0.1, -0.05) is 30.3 Å². The molecule has 2 aliphatic heterocycles. The van der Waals surface area contributed by atoms with Crippen molar-refractivity contribution in [2.75, 3.05) is 4.90 Å². The van der Waals surface area contributed by atoms with Crippen LogP contribution in [0, 0.1) is 0 Å². The van der Waals surface area contributed by atoms with Crippen molar-refractivity contribution in [3.63, 3.8) is 0 Å². The first-order valence-corrected chi connectivity index (χ1v) is 9.14. The van der Waals surface area contributed by atoms with Crippen molar-refractivity contribution in [2.24, 2.45) is 0 Å². The highest BCUT2D eigenvalue weighted by Gasteiger charge is 2.33. The second-order valence-electron chi connectivity index (χ2n) is 7.50. The number of fused-ring (bicyclic) bond motifs is 1. The fourth-order valence-corrected chi connectivity index (χ4v) is 4.57.